The van der Waals surface area contributed by atoms with Gasteiger partial charge < -0.3 is 14.0 Å². The molecule has 1 aromatic rings. The number of rotatable bonds is 2. The largest absolute Gasteiger partial charge is 0.496 e. The van der Waals surface area contributed by atoms with Gasteiger partial charge in [-0.1, -0.05) is 6.07 Å². The topological polar surface area (TPSA) is 40.6 Å². The molecule has 0 amide bonds. The maximum absolute atomic E-state index is 6.11. The van der Waals surface area contributed by atoms with Gasteiger partial charge in [0.1, 0.15) is 0 Å². The zero-order valence-corrected chi connectivity index (χ0v) is 13.4. The van der Waals surface area contributed by atoms with Crippen LogP contribution in [0.1, 0.15) is 52.0 Å². The molecule has 21 heavy (non-hydrogen) atoms. The van der Waals surface area contributed by atoms with Gasteiger partial charge >= 0.3 is 7.12 Å². The summed E-state index contributed by atoms with van der Waals surface area (Å²) in [4.78, 5) is 4.40. The van der Waals surface area contributed by atoms with E-state index in [0.29, 0.717) is 5.92 Å². The summed E-state index contributed by atoms with van der Waals surface area (Å²) in [5.41, 5.74) is 1.65. The Hall–Kier alpha value is -0.905. The molecule has 4 nitrogen and oxygen atoms in total. The maximum atomic E-state index is 6.11. The van der Waals surface area contributed by atoms with Crippen molar-refractivity contribution in [2.24, 2.45) is 0 Å². The highest BCUT2D eigenvalue weighted by atomic mass is 16.7. The second kappa shape index (κ2) is 5.38. The molecule has 1 aromatic heterocycles. The van der Waals surface area contributed by atoms with Crippen LogP contribution in [0.4, 0.5) is 0 Å². The second-order valence-electron chi connectivity index (χ2n) is 7.03. The first kappa shape index (κ1) is 15.0. The first-order chi connectivity index (χ1) is 9.89. The van der Waals surface area contributed by atoms with Gasteiger partial charge in [0.25, 0.3) is 0 Å². The lowest BCUT2D eigenvalue weighted by Gasteiger charge is -2.32. The minimum atomic E-state index is -0.331. The highest BCUT2D eigenvalue weighted by molar-refractivity contribution is 6.62. The number of ether oxygens (including phenoxy) is 1. The van der Waals surface area contributed by atoms with Gasteiger partial charge in [-0.2, -0.15) is 0 Å². The quantitative estimate of drug-likeness (QED) is 0.783. The van der Waals surface area contributed by atoms with Gasteiger partial charge in [0.15, 0.2) is 0 Å². The van der Waals surface area contributed by atoms with Crippen molar-refractivity contribution in [2.75, 3.05) is 13.2 Å². The van der Waals surface area contributed by atoms with Crippen molar-refractivity contribution >= 4 is 12.6 Å². The minimum Gasteiger partial charge on any atom is -0.399 e. The third-order valence-electron chi connectivity index (χ3n) is 5.00. The molecule has 0 radical (unpaired) electrons. The van der Waals surface area contributed by atoms with E-state index in [1.165, 1.54) is 5.56 Å². The predicted octanol–water partition coefficient (Wildman–Crippen LogP) is 2.27. The predicted molar refractivity (Wildman–Crippen MR) is 82.7 cm³/mol. The average molecular weight is 289 g/mol. The Kier molecular flexibility index (Phi) is 3.84. The van der Waals surface area contributed by atoms with Crippen molar-refractivity contribution in [1.82, 2.24) is 4.98 Å². The molecular formula is C16H24BNO3. The summed E-state index contributed by atoms with van der Waals surface area (Å²) < 4.78 is 17.6. The third kappa shape index (κ3) is 2.87. The molecule has 5 heteroatoms. The van der Waals surface area contributed by atoms with Gasteiger partial charge in [-0.25, -0.2) is 0 Å². The molecular weight excluding hydrogens is 265 g/mol. The molecule has 0 N–H and O–H groups in total. The zero-order chi connectivity index (χ0) is 15.1. The summed E-state index contributed by atoms with van der Waals surface area (Å²) in [6, 6.07) is 2.19. The van der Waals surface area contributed by atoms with Crippen LogP contribution in [0.15, 0.2) is 18.5 Å². The number of hydrogen-bond acceptors (Lipinski definition) is 4. The first-order valence-corrected chi connectivity index (χ1v) is 7.77. The summed E-state index contributed by atoms with van der Waals surface area (Å²) in [5.74, 6) is 0.536. The summed E-state index contributed by atoms with van der Waals surface area (Å²) in [6.07, 6.45) is 5.94. The van der Waals surface area contributed by atoms with Gasteiger partial charge in [-0.15, -0.1) is 0 Å². The Balaban J connectivity index is 1.81. The van der Waals surface area contributed by atoms with Gasteiger partial charge in [0.2, 0.25) is 0 Å². The van der Waals surface area contributed by atoms with E-state index in [1.54, 1.807) is 0 Å². The fourth-order valence-electron chi connectivity index (χ4n) is 2.84. The lowest BCUT2D eigenvalue weighted by Crippen LogP contribution is -2.41. The lowest BCUT2D eigenvalue weighted by atomic mass is 9.78. The van der Waals surface area contributed by atoms with Gasteiger partial charge in [0, 0.05) is 31.1 Å². The van der Waals surface area contributed by atoms with Crippen LogP contribution in [0.25, 0.3) is 0 Å². The molecule has 0 saturated carbocycles. The Morgan fingerprint density at radius 1 is 1.05 bits per heavy atom. The van der Waals surface area contributed by atoms with Crippen LogP contribution in [0.3, 0.4) is 0 Å². The number of pyridine rings is 1. The molecule has 114 valence electrons. The summed E-state index contributed by atoms with van der Waals surface area (Å²) in [7, 11) is -0.331. The van der Waals surface area contributed by atoms with E-state index in [9.17, 15) is 0 Å². The summed E-state index contributed by atoms with van der Waals surface area (Å²) >= 11 is 0. The Morgan fingerprint density at radius 2 is 1.67 bits per heavy atom. The molecule has 0 unspecified atom stereocenters. The molecule has 0 aliphatic carbocycles. The van der Waals surface area contributed by atoms with Gasteiger partial charge in [-0.3, -0.25) is 4.98 Å². The van der Waals surface area contributed by atoms with Crippen molar-refractivity contribution < 1.29 is 14.0 Å². The van der Waals surface area contributed by atoms with Crippen molar-refractivity contribution in [2.45, 2.75) is 57.7 Å². The van der Waals surface area contributed by atoms with E-state index in [-0.39, 0.29) is 18.3 Å². The summed E-state index contributed by atoms with van der Waals surface area (Å²) in [5, 5.41) is 0. The molecule has 2 saturated heterocycles. The lowest BCUT2D eigenvalue weighted by molar-refractivity contribution is 0.00578. The normalized spacial score (nSPS) is 25.2. The van der Waals surface area contributed by atoms with Gasteiger partial charge in [-0.05, 0) is 52.0 Å². The zero-order valence-electron chi connectivity index (χ0n) is 13.4. The molecule has 3 heterocycles. The number of aromatic nitrogens is 1. The standard InChI is InChI=1S/C16H24BNO3/c1-15(2)16(3,4)21-17(20-15)14-9-13(10-18-11-14)12-5-7-19-8-6-12/h9-12H,5-8H2,1-4H3. The Morgan fingerprint density at radius 3 is 2.29 bits per heavy atom. The van der Waals surface area contributed by atoms with Crippen LogP contribution in [0.5, 0.6) is 0 Å². The van der Waals surface area contributed by atoms with E-state index in [4.69, 9.17) is 14.0 Å². The van der Waals surface area contributed by atoms with E-state index < -0.39 is 0 Å². The SMILES string of the molecule is CC1(C)OB(c2cncc(C3CCOCC3)c2)OC1(C)C. The molecule has 3 rings (SSSR count). The third-order valence-corrected chi connectivity index (χ3v) is 5.00. The Bertz CT molecular complexity index is 496. The van der Waals surface area contributed by atoms with E-state index in [1.807, 2.05) is 12.4 Å². The van der Waals surface area contributed by atoms with E-state index >= 15 is 0 Å². The molecule has 0 bridgehead atoms. The monoisotopic (exact) mass is 289 g/mol. The summed E-state index contributed by atoms with van der Waals surface area (Å²) in [6.45, 7) is 9.97. The number of nitrogens with zero attached hydrogens (tertiary/aromatic N) is 1. The van der Waals surface area contributed by atoms with Crippen molar-refractivity contribution in [3.05, 3.63) is 24.0 Å². The van der Waals surface area contributed by atoms with Gasteiger partial charge in [0.05, 0.1) is 11.2 Å². The molecule has 0 spiro atoms. The smallest absolute Gasteiger partial charge is 0.399 e. The fraction of sp³-hybridized carbons (Fsp3) is 0.688. The Labute approximate surface area is 127 Å². The van der Waals surface area contributed by atoms with Crippen molar-refractivity contribution in [3.63, 3.8) is 0 Å². The van der Waals surface area contributed by atoms with Crippen LogP contribution >= 0.6 is 0 Å². The van der Waals surface area contributed by atoms with Crippen LogP contribution < -0.4 is 5.46 Å². The van der Waals surface area contributed by atoms with Crippen LogP contribution in [-0.4, -0.2) is 36.5 Å². The van der Waals surface area contributed by atoms with Crippen LogP contribution in [0.2, 0.25) is 0 Å². The first-order valence-electron chi connectivity index (χ1n) is 7.77. The second-order valence-corrected chi connectivity index (χ2v) is 7.03. The molecule has 0 aromatic carbocycles. The van der Waals surface area contributed by atoms with Crippen molar-refractivity contribution in [3.8, 4) is 0 Å². The highest BCUT2D eigenvalue weighted by Gasteiger charge is 2.51. The highest BCUT2D eigenvalue weighted by Crippen LogP contribution is 2.36. The molecule has 2 fully saturated rings. The van der Waals surface area contributed by atoms with E-state index in [2.05, 4.69) is 38.7 Å². The molecule has 2 aliphatic heterocycles. The average Bonchev–Trinajstić information content (AvgIpc) is 2.69. The minimum absolute atomic E-state index is 0.313. The van der Waals surface area contributed by atoms with Crippen LogP contribution in [-0.2, 0) is 14.0 Å². The molecule has 0 atom stereocenters. The van der Waals surface area contributed by atoms with Crippen molar-refractivity contribution in [1.29, 1.82) is 0 Å². The maximum Gasteiger partial charge on any atom is 0.496 e. The number of hydrogen-bond donors (Lipinski definition) is 0. The molecule has 2 aliphatic rings. The fourth-order valence-corrected chi connectivity index (χ4v) is 2.84. The van der Waals surface area contributed by atoms with E-state index in [0.717, 1.165) is 31.5 Å². The van der Waals surface area contributed by atoms with Crippen LogP contribution in [0, 0.1) is 0 Å².